The molecule has 2 N–H and O–H groups in total. The smallest absolute Gasteiger partial charge is 0.220 e. The molecule has 4 rings (SSSR count). The normalized spacial score (nSPS) is 17.7. The van der Waals surface area contributed by atoms with Crippen molar-refractivity contribution in [2.75, 3.05) is 39.5 Å². The van der Waals surface area contributed by atoms with Crippen LogP contribution in [0.4, 0.5) is 0 Å². The van der Waals surface area contributed by atoms with Crippen molar-refractivity contribution in [2.24, 2.45) is 17.1 Å². The van der Waals surface area contributed by atoms with Crippen LogP contribution in [0.5, 0.6) is 0 Å². The lowest BCUT2D eigenvalue weighted by Gasteiger charge is -2.39. The van der Waals surface area contributed by atoms with Crippen molar-refractivity contribution < 1.29 is 9.59 Å². The van der Waals surface area contributed by atoms with Crippen molar-refractivity contribution in [1.29, 1.82) is 0 Å². The first kappa shape index (κ1) is 30.4. The van der Waals surface area contributed by atoms with Crippen molar-refractivity contribution in [3.05, 3.63) is 65.7 Å². The van der Waals surface area contributed by atoms with Gasteiger partial charge in [-0.25, -0.2) is 0 Å². The summed E-state index contributed by atoms with van der Waals surface area (Å²) in [6.07, 6.45) is 13.1. The highest BCUT2D eigenvalue weighted by atomic mass is 32.2. The molecule has 0 spiro atoms. The summed E-state index contributed by atoms with van der Waals surface area (Å²) in [5, 5.41) is 0. The number of hydrogen-bond donors (Lipinski definition) is 1. The SMILES string of the molecule is CSc1ccc(CN(C)CCC2(C=O)CCN(CCCc3ccccc3)CC2)cc1.NC(=O)C1CCCC1. The highest BCUT2D eigenvalue weighted by Crippen LogP contribution is 2.33. The number of benzene rings is 2. The van der Waals surface area contributed by atoms with E-state index in [1.165, 1.54) is 41.6 Å². The molecule has 2 aromatic carbocycles. The lowest BCUT2D eigenvalue weighted by Crippen LogP contribution is -2.42. The summed E-state index contributed by atoms with van der Waals surface area (Å²) in [6, 6.07) is 19.5. The number of thioether (sulfide) groups is 1. The molecule has 0 atom stereocenters. The van der Waals surface area contributed by atoms with E-state index >= 15 is 0 Å². The van der Waals surface area contributed by atoms with Crippen LogP contribution in [0.2, 0.25) is 0 Å². The molecule has 0 radical (unpaired) electrons. The number of amides is 1. The van der Waals surface area contributed by atoms with E-state index in [1.807, 2.05) is 0 Å². The Kier molecular flexibility index (Phi) is 12.9. The zero-order valence-corrected chi connectivity index (χ0v) is 24.3. The van der Waals surface area contributed by atoms with Gasteiger partial charge in [0.2, 0.25) is 5.91 Å². The summed E-state index contributed by atoms with van der Waals surface area (Å²) in [5.41, 5.74) is 7.68. The van der Waals surface area contributed by atoms with E-state index in [9.17, 15) is 9.59 Å². The number of nitrogens with zero attached hydrogens (tertiary/aromatic N) is 2. The molecule has 38 heavy (non-hydrogen) atoms. The molecule has 1 aliphatic carbocycles. The number of primary amides is 1. The second kappa shape index (κ2) is 16.1. The van der Waals surface area contributed by atoms with Gasteiger partial charge in [0.05, 0.1) is 0 Å². The maximum atomic E-state index is 12.0. The number of rotatable bonds is 12. The van der Waals surface area contributed by atoms with Gasteiger partial charge >= 0.3 is 0 Å². The standard InChI is InChI=1S/C26H36N2OS.C6H11NO/c1-27(21-24-10-12-25(30-2)13-11-24)18-14-26(22-29)15-19-28(20-16-26)17-6-9-23-7-4-3-5-8-23;7-6(8)5-3-1-2-4-5/h3-5,7-8,10-13,22H,6,9,14-21H2,1-2H3;5H,1-4H2,(H2,7,8). The molecule has 2 fully saturated rings. The van der Waals surface area contributed by atoms with Crippen molar-refractivity contribution in [1.82, 2.24) is 9.80 Å². The molecular weight excluding hydrogens is 490 g/mol. The Morgan fingerprint density at radius 2 is 1.71 bits per heavy atom. The predicted molar refractivity (Wildman–Crippen MR) is 159 cm³/mol. The zero-order chi connectivity index (χ0) is 27.2. The third-order valence-corrected chi connectivity index (χ3v) is 8.99. The van der Waals surface area contributed by atoms with Gasteiger partial charge in [-0.15, -0.1) is 11.8 Å². The molecule has 2 aliphatic rings. The molecule has 0 unspecified atom stereocenters. The second-order valence-electron chi connectivity index (χ2n) is 11.1. The molecule has 0 bridgehead atoms. The molecule has 5 nitrogen and oxygen atoms in total. The van der Waals surface area contributed by atoms with E-state index in [4.69, 9.17) is 5.73 Å². The lowest BCUT2D eigenvalue weighted by atomic mass is 9.77. The van der Waals surface area contributed by atoms with Crippen molar-refractivity contribution in [2.45, 2.75) is 69.2 Å². The van der Waals surface area contributed by atoms with Crippen molar-refractivity contribution >= 4 is 24.0 Å². The first-order valence-electron chi connectivity index (χ1n) is 14.3. The quantitative estimate of drug-likeness (QED) is 0.274. The number of carbonyl (C=O) groups is 2. The lowest BCUT2D eigenvalue weighted by molar-refractivity contribution is -0.121. The molecule has 1 saturated heterocycles. The van der Waals surface area contributed by atoms with Crippen LogP contribution in [0.3, 0.4) is 0 Å². The molecule has 208 valence electrons. The molecule has 0 aromatic heterocycles. The van der Waals surface area contributed by atoms with Gasteiger partial charge in [0.1, 0.15) is 6.29 Å². The highest BCUT2D eigenvalue weighted by molar-refractivity contribution is 7.98. The van der Waals surface area contributed by atoms with Crippen LogP contribution in [-0.4, -0.2) is 61.5 Å². The molecule has 1 heterocycles. The largest absolute Gasteiger partial charge is 0.369 e. The Labute approximate surface area is 234 Å². The average Bonchev–Trinajstić information content (AvgIpc) is 3.50. The van der Waals surface area contributed by atoms with Crippen LogP contribution in [-0.2, 0) is 22.6 Å². The molecule has 1 saturated carbocycles. The fourth-order valence-electron chi connectivity index (χ4n) is 5.55. The first-order chi connectivity index (χ1) is 18.4. The number of nitrogens with two attached hydrogens (primary N) is 1. The molecule has 1 aliphatic heterocycles. The van der Waals surface area contributed by atoms with Gasteiger partial charge in [-0.3, -0.25) is 4.79 Å². The number of aldehydes is 1. The Morgan fingerprint density at radius 3 is 2.26 bits per heavy atom. The minimum atomic E-state index is -0.132. The third kappa shape index (κ3) is 10.2. The van der Waals surface area contributed by atoms with Crippen LogP contribution in [0.25, 0.3) is 0 Å². The molecular formula is C32H47N3O2S. The Balaban J connectivity index is 0.000000427. The van der Waals surface area contributed by atoms with Gasteiger partial charge < -0.3 is 20.3 Å². The van der Waals surface area contributed by atoms with Crippen LogP contribution in [0.1, 0.15) is 62.5 Å². The summed E-state index contributed by atoms with van der Waals surface area (Å²) in [4.78, 5) is 28.6. The van der Waals surface area contributed by atoms with Gasteiger partial charge in [-0.2, -0.15) is 0 Å². The molecule has 2 aromatic rings. The summed E-state index contributed by atoms with van der Waals surface area (Å²) < 4.78 is 0. The maximum Gasteiger partial charge on any atom is 0.220 e. The number of likely N-dealkylation sites (tertiary alicyclic amines) is 1. The first-order valence-corrected chi connectivity index (χ1v) is 15.5. The average molecular weight is 538 g/mol. The predicted octanol–water partition coefficient (Wildman–Crippen LogP) is 5.81. The van der Waals surface area contributed by atoms with Gasteiger partial charge in [-0.1, -0.05) is 55.3 Å². The fourth-order valence-corrected chi connectivity index (χ4v) is 5.95. The van der Waals surface area contributed by atoms with Gasteiger partial charge in [-0.05, 0) is 108 Å². The fraction of sp³-hybridized carbons (Fsp3) is 0.562. The number of piperidine rings is 1. The maximum absolute atomic E-state index is 12.0. The second-order valence-corrected chi connectivity index (χ2v) is 12.0. The van der Waals surface area contributed by atoms with Gasteiger partial charge in [0.25, 0.3) is 0 Å². The third-order valence-electron chi connectivity index (χ3n) is 8.24. The van der Waals surface area contributed by atoms with E-state index in [0.29, 0.717) is 0 Å². The Hall–Kier alpha value is -2.15. The highest BCUT2D eigenvalue weighted by Gasteiger charge is 2.34. The summed E-state index contributed by atoms with van der Waals surface area (Å²) in [6.45, 7) is 5.14. The van der Waals surface area contributed by atoms with Crippen LogP contribution < -0.4 is 5.73 Å². The van der Waals surface area contributed by atoms with Crippen LogP contribution >= 0.6 is 11.8 Å². The Bertz CT molecular complexity index is 952. The summed E-state index contributed by atoms with van der Waals surface area (Å²) in [5.74, 6) is 0.0949. The van der Waals surface area contributed by atoms with Crippen molar-refractivity contribution in [3.63, 3.8) is 0 Å². The number of carbonyl (C=O) groups excluding carboxylic acids is 2. The van der Waals surface area contributed by atoms with Crippen molar-refractivity contribution in [3.8, 4) is 0 Å². The van der Waals surface area contributed by atoms with E-state index in [2.05, 4.69) is 77.7 Å². The van der Waals surface area contributed by atoms with Crippen LogP contribution in [0, 0.1) is 11.3 Å². The molecule has 6 heteroatoms. The van der Waals surface area contributed by atoms with E-state index in [0.717, 1.165) is 71.2 Å². The van der Waals surface area contributed by atoms with Gasteiger partial charge in [0, 0.05) is 22.8 Å². The molecule has 1 amide bonds. The monoisotopic (exact) mass is 537 g/mol. The minimum Gasteiger partial charge on any atom is -0.369 e. The van der Waals surface area contributed by atoms with E-state index < -0.39 is 0 Å². The summed E-state index contributed by atoms with van der Waals surface area (Å²) in [7, 11) is 2.17. The van der Waals surface area contributed by atoms with Gasteiger partial charge in [0.15, 0.2) is 0 Å². The van der Waals surface area contributed by atoms with E-state index in [-0.39, 0.29) is 17.2 Å². The number of aryl methyl sites for hydroxylation is 1. The summed E-state index contributed by atoms with van der Waals surface area (Å²) >= 11 is 1.78. The van der Waals surface area contributed by atoms with Crippen LogP contribution in [0.15, 0.2) is 59.5 Å². The Morgan fingerprint density at radius 1 is 1.05 bits per heavy atom. The topological polar surface area (TPSA) is 66.6 Å². The zero-order valence-electron chi connectivity index (χ0n) is 23.4. The minimum absolute atomic E-state index is 0.109. The van der Waals surface area contributed by atoms with E-state index in [1.54, 1.807) is 11.8 Å². The number of hydrogen-bond acceptors (Lipinski definition) is 5.